The van der Waals surface area contributed by atoms with E-state index in [0.29, 0.717) is 12.8 Å². The fourth-order valence-electron chi connectivity index (χ4n) is 9.98. The van der Waals surface area contributed by atoms with E-state index in [1.165, 1.54) is 231 Å². The average Bonchev–Trinajstić information content (AvgIpc) is 3.35. The zero-order chi connectivity index (χ0) is 52.6. The van der Waals surface area contributed by atoms with Gasteiger partial charge in [0.25, 0.3) is 10.1 Å². The van der Waals surface area contributed by atoms with Crippen LogP contribution in [0.4, 0.5) is 0 Å². The Labute approximate surface area is 442 Å². The van der Waals surface area contributed by atoms with Crippen molar-refractivity contribution < 1.29 is 56.8 Å². The SMILES string of the molecule is CCCCCCCCCCCCCCCCCCCCCCCCCC(=O)O[C@H](COC(=O)CCCCCCCCCCCCCCCCCCCCCCC)CO[C@H]1O[C@H](CS(=O)(=O)O)[C@@H](O)C(O)C1O. The number of carbonyl (C=O) groups excluding carboxylic acids is 2. The van der Waals surface area contributed by atoms with Crippen LogP contribution in [0.25, 0.3) is 0 Å². The van der Waals surface area contributed by atoms with Crippen LogP contribution < -0.4 is 0 Å². The van der Waals surface area contributed by atoms with Crippen LogP contribution in [0.5, 0.6) is 0 Å². The fourth-order valence-corrected chi connectivity index (χ4v) is 10.7. The number of unbranched alkanes of at least 4 members (excludes halogenated alkanes) is 42. The molecule has 13 heteroatoms. The van der Waals surface area contributed by atoms with Gasteiger partial charge in [0.05, 0.1) is 6.61 Å². The van der Waals surface area contributed by atoms with Crippen molar-refractivity contribution >= 4 is 22.1 Å². The summed E-state index contributed by atoms with van der Waals surface area (Å²) in [6.45, 7) is 3.85. The molecular formula is C59H114O12S. The first-order valence-electron chi connectivity index (χ1n) is 30.6. The first-order valence-corrected chi connectivity index (χ1v) is 32.2. The highest BCUT2D eigenvalue weighted by Gasteiger charge is 2.46. The Balaban J connectivity index is 2.26. The normalized spacial score (nSPS) is 18.7. The summed E-state index contributed by atoms with van der Waals surface area (Å²) < 4.78 is 54.5. The minimum atomic E-state index is -4.60. The second-order valence-corrected chi connectivity index (χ2v) is 23.2. The van der Waals surface area contributed by atoms with Crippen LogP contribution in [-0.4, -0.2) is 96.0 Å². The first kappa shape index (κ1) is 68.7. The molecule has 2 unspecified atom stereocenters. The van der Waals surface area contributed by atoms with Crippen LogP contribution in [0.1, 0.15) is 309 Å². The molecule has 0 amide bonds. The molecule has 1 aliphatic rings. The first-order chi connectivity index (χ1) is 35.0. The fraction of sp³-hybridized carbons (Fsp3) is 0.966. The van der Waals surface area contributed by atoms with Gasteiger partial charge in [-0.25, -0.2) is 0 Å². The van der Waals surface area contributed by atoms with Crippen molar-refractivity contribution in [3.05, 3.63) is 0 Å². The van der Waals surface area contributed by atoms with E-state index in [4.69, 9.17) is 18.9 Å². The molecular weight excluding hydrogens is 933 g/mol. The predicted molar refractivity (Wildman–Crippen MR) is 294 cm³/mol. The van der Waals surface area contributed by atoms with Crippen molar-refractivity contribution in [1.29, 1.82) is 0 Å². The summed E-state index contributed by atoms with van der Waals surface area (Å²) in [6, 6.07) is 0. The third kappa shape index (κ3) is 42.8. The largest absolute Gasteiger partial charge is 0.462 e. The third-order valence-corrected chi connectivity index (χ3v) is 15.4. The van der Waals surface area contributed by atoms with E-state index >= 15 is 0 Å². The second kappa shape index (κ2) is 49.2. The number of hydrogen-bond acceptors (Lipinski definition) is 11. The molecule has 4 N–H and O–H groups in total. The maximum absolute atomic E-state index is 12.9. The molecule has 0 aromatic rings. The van der Waals surface area contributed by atoms with Crippen LogP contribution in [0, 0.1) is 0 Å². The van der Waals surface area contributed by atoms with Gasteiger partial charge in [-0.1, -0.05) is 284 Å². The van der Waals surface area contributed by atoms with E-state index in [-0.39, 0.29) is 19.4 Å². The van der Waals surface area contributed by atoms with Crippen molar-refractivity contribution in [2.75, 3.05) is 19.0 Å². The minimum Gasteiger partial charge on any atom is -0.462 e. The number of hydrogen-bond donors (Lipinski definition) is 4. The van der Waals surface area contributed by atoms with Crippen LogP contribution in [0.3, 0.4) is 0 Å². The van der Waals surface area contributed by atoms with Gasteiger partial charge in [-0.05, 0) is 12.8 Å². The molecule has 6 atom stereocenters. The van der Waals surface area contributed by atoms with Gasteiger partial charge in [-0.3, -0.25) is 14.1 Å². The van der Waals surface area contributed by atoms with E-state index in [9.17, 15) is 37.9 Å². The maximum atomic E-state index is 12.9. The Morgan fingerprint density at radius 1 is 0.417 bits per heavy atom. The summed E-state index contributed by atoms with van der Waals surface area (Å²) in [5.74, 6) is -1.95. The smallest absolute Gasteiger partial charge is 0.306 e. The molecule has 0 aromatic heterocycles. The van der Waals surface area contributed by atoms with Gasteiger partial charge in [0.2, 0.25) is 0 Å². The standard InChI is InChI=1S/C59H114O12S/c1-3-5-7-9-11-13-15-17-19-21-23-25-26-28-30-32-34-36-38-40-42-44-46-48-55(61)70-52(50-69-59-58(64)57(63)56(62)53(71-59)51-72(65,66)67)49-68-54(60)47-45-43-41-39-37-35-33-31-29-27-24-22-20-18-16-14-12-10-8-6-4-2/h52-53,56-59,62-64H,3-51H2,1-2H3,(H,65,66,67)/t52-,53-,56-,57?,58?,59+/m1/s1. The quantitative estimate of drug-likeness (QED) is 0.0257. The number of rotatable bonds is 54. The molecule has 1 saturated heterocycles. The Morgan fingerprint density at radius 3 is 1.01 bits per heavy atom. The molecule has 72 heavy (non-hydrogen) atoms. The van der Waals surface area contributed by atoms with Crippen LogP contribution in [0.2, 0.25) is 0 Å². The topological polar surface area (TPSA) is 186 Å². The highest BCUT2D eigenvalue weighted by molar-refractivity contribution is 7.85. The number of carbonyl (C=O) groups is 2. The van der Waals surface area contributed by atoms with Crippen LogP contribution >= 0.6 is 0 Å². The van der Waals surface area contributed by atoms with E-state index in [0.717, 1.165) is 38.5 Å². The summed E-state index contributed by atoms with van der Waals surface area (Å²) in [6.07, 6.45) is 47.2. The second-order valence-electron chi connectivity index (χ2n) is 21.7. The number of ether oxygens (including phenoxy) is 4. The van der Waals surface area contributed by atoms with Gasteiger partial charge < -0.3 is 34.3 Å². The van der Waals surface area contributed by atoms with Crippen molar-refractivity contribution in [2.24, 2.45) is 0 Å². The van der Waals surface area contributed by atoms with E-state index in [2.05, 4.69) is 13.8 Å². The molecule has 0 aliphatic carbocycles. The van der Waals surface area contributed by atoms with Crippen molar-refractivity contribution in [3.8, 4) is 0 Å². The zero-order valence-corrected chi connectivity index (χ0v) is 47.4. The lowest BCUT2D eigenvalue weighted by Crippen LogP contribution is -2.60. The highest BCUT2D eigenvalue weighted by atomic mass is 32.2. The molecule has 428 valence electrons. The highest BCUT2D eigenvalue weighted by Crippen LogP contribution is 2.24. The van der Waals surface area contributed by atoms with Gasteiger partial charge in [-0.2, -0.15) is 8.42 Å². The lowest BCUT2D eigenvalue weighted by molar-refractivity contribution is -0.297. The van der Waals surface area contributed by atoms with E-state index < -0.39 is 71.2 Å². The minimum absolute atomic E-state index is 0.174. The zero-order valence-electron chi connectivity index (χ0n) is 46.6. The van der Waals surface area contributed by atoms with Crippen LogP contribution in [0.15, 0.2) is 0 Å². The van der Waals surface area contributed by atoms with Crippen molar-refractivity contribution in [2.45, 2.75) is 346 Å². The van der Waals surface area contributed by atoms with Gasteiger partial charge in [0.1, 0.15) is 36.8 Å². The van der Waals surface area contributed by atoms with Gasteiger partial charge in [-0.15, -0.1) is 0 Å². The summed E-state index contributed by atoms with van der Waals surface area (Å²) in [5, 5.41) is 31.1. The average molecular weight is 1050 g/mol. The van der Waals surface area contributed by atoms with Gasteiger partial charge in [0.15, 0.2) is 12.4 Å². The Bertz CT molecular complexity index is 1320. The Morgan fingerprint density at radius 2 is 0.708 bits per heavy atom. The molecule has 0 spiro atoms. The molecule has 0 saturated carbocycles. The van der Waals surface area contributed by atoms with Crippen molar-refractivity contribution in [3.63, 3.8) is 0 Å². The lowest BCUT2D eigenvalue weighted by atomic mass is 10.00. The molecule has 0 radical (unpaired) electrons. The number of aliphatic hydroxyl groups is 3. The van der Waals surface area contributed by atoms with Crippen LogP contribution in [-0.2, 0) is 38.7 Å². The molecule has 1 heterocycles. The number of aliphatic hydroxyl groups excluding tert-OH is 3. The van der Waals surface area contributed by atoms with Gasteiger partial charge >= 0.3 is 11.9 Å². The Kier molecular flexibility index (Phi) is 47.0. The van der Waals surface area contributed by atoms with E-state index in [1.54, 1.807) is 0 Å². The molecule has 1 rings (SSSR count). The molecule has 1 fully saturated rings. The maximum Gasteiger partial charge on any atom is 0.306 e. The summed E-state index contributed by atoms with van der Waals surface area (Å²) in [5.41, 5.74) is 0. The third-order valence-electron chi connectivity index (χ3n) is 14.7. The summed E-state index contributed by atoms with van der Waals surface area (Å²) in [4.78, 5) is 25.7. The molecule has 1 aliphatic heterocycles. The molecule has 0 bridgehead atoms. The summed E-state index contributed by atoms with van der Waals surface area (Å²) in [7, 11) is -4.60. The number of esters is 2. The molecule has 0 aromatic carbocycles. The monoisotopic (exact) mass is 1050 g/mol. The predicted octanol–water partition coefficient (Wildman–Crippen LogP) is 15.1. The van der Waals surface area contributed by atoms with Crippen molar-refractivity contribution in [1.82, 2.24) is 0 Å². The summed E-state index contributed by atoms with van der Waals surface area (Å²) >= 11 is 0. The van der Waals surface area contributed by atoms with Gasteiger partial charge in [0, 0.05) is 12.8 Å². The Hall–Kier alpha value is -1.35. The lowest BCUT2D eigenvalue weighted by Gasteiger charge is -2.40. The molecule has 12 nitrogen and oxygen atoms in total. The van der Waals surface area contributed by atoms with E-state index in [1.807, 2.05) is 0 Å².